The first-order chi connectivity index (χ1) is 7.45. The van der Waals surface area contributed by atoms with Crippen molar-refractivity contribution in [2.45, 2.75) is 25.7 Å². The lowest BCUT2D eigenvalue weighted by Gasteiger charge is -2.28. The standard InChI is InChI=1S/C12H25N3/c1(2-12-3-5-13-6-4-12)9-15-10-7-14-8-11-15/h12-14H,1-11H2. The Hall–Kier alpha value is -0.120. The molecule has 0 spiro atoms. The summed E-state index contributed by atoms with van der Waals surface area (Å²) >= 11 is 0. The van der Waals surface area contributed by atoms with Gasteiger partial charge in [-0.2, -0.15) is 0 Å². The number of nitrogens with zero attached hydrogens (tertiary/aromatic N) is 1. The van der Waals surface area contributed by atoms with E-state index < -0.39 is 0 Å². The summed E-state index contributed by atoms with van der Waals surface area (Å²) in [5.41, 5.74) is 0. The monoisotopic (exact) mass is 211 g/mol. The Kier molecular flexibility index (Phi) is 4.90. The Bertz CT molecular complexity index is 142. The van der Waals surface area contributed by atoms with Crippen molar-refractivity contribution in [3.05, 3.63) is 0 Å². The molecule has 0 aromatic rings. The molecule has 2 rings (SSSR count). The van der Waals surface area contributed by atoms with Crippen molar-refractivity contribution < 1.29 is 0 Å². The van der Waals surface area contributed by atoms with Gasteiger partial charge >= 0.3 is 0 Å². The summed E-state index contributed by atoms with van der Waals surface area (Å²) in [6.45, 7) is 8.71. The number of piperazine rings is 1. The molecule has 2 N–H and O–H groups in total. The molecule has 2 fully saturated rings. The fraction of sp³-hybridized carbons (Fsp3) is 1.00. The van der Waals surface area contributed by atoms with Gasteiger partial charge in [0, 0.05) is 26.2 Å². The predicted octanol–water partition coefficient (Wildman–Crippen LogP) is 0.671. The van der Waals surface area contributed by atoms with E-state index in [-0.39, 0.29) is 0 Å². The fourth-order valence-corrected chi connectivity index (χ4v) is 2.71. The lowest BCUT2D eigenvalue weighted by atomic mass is 9.93. The van der Waals surface area contributed by atoms with Crippen LogP contribution >= 0.6 is 0 Å². The zero-order chi connectivity index (χ0) is 10.3. The Morgan fingerprint density at radius 1 is 0.933 bits per heavy atom. The first kappa shape index (κ1) is 11.4. The largest absolute Gasteiger partial charge is 0.317 e. The minimum atomic E-state index is 1.01. The summed E-state index contributed by atoms with van der Waals surface area (Å²) in [6, 6.07) is 0. The lowest BCUT2D eigenvalue weighted by Crippen LogP contribution is -2.43. The van der Waals surface area contributed by atoms with Crippen LogP contribution in [-0.4, -0.2) is 50.7 Å². The highest BCUT2D eigenvalue weighted by Gasteiger charge is 2.14. The Morgan fingerprint density at radius 2 is 1.60 bits per heavy atom. The van der Waals surface area contributed by atoms with E-state index in [0.29, 0.717) is 0 Å². The van der Waals surface area contributed by atoms with E-state index in [1.54, 1.807) is 0 Å². The minimum absolute atomic E-state index is 1.01. The van der Waals surface area contributed by atoms with Crippen LogP contribution in [0.15, 0.2) is 0 Å². The van der Waals surface area contributed by atoms with Crippen molar-refractivity contribution >= 4 is 0 Å². The molecule has 2 saturated heterocycles. The third-order valence-corrected chi connectivity index (χ3v) is 3.76. The van der Waals surface area contributed by atoms with Gasteiger partial charge in [0.15, 0.2) is 0 Å². The Labute approximate surface area is 93.6 Å². The van der Waals surface area contributed by atoms with Crippen molar-refractivity contribution in [2.24, 2.45) is 5.92 Å². The van der Waals surface area contributed by atoms with Gasteiger partial charge in [-0.3, -0.25) is 0 Å². The molecule has 3 heteroatoms. The van der Waals surface area contributed by atoms with Crippen molar-refractivity contribution in [3.8, 4) is 0 Å². The van der Waals surface area contributed by atoms with E-state index in [2.05, 4.69) is 15.5 Å². The zero-order valence-electron chi connectivity index (χ0n) is 9.80. The van der Waals surface area contributed by atoms with Gasteiger partial charge in [-0.15, -0.1) is 0 Å². The average molecular weight is 211 g/mol. The second kappa shape index (κ2) is 6.46. The maximum absolute atomic E-state index is 3.44. The molecule has 3 nitrogen and oxygen atoms in total. The smallest absolute Gasteiger partial charge is 0.0107 e. The van der Waals surface area contributed by atoms with Gasteiger partial charge < -0.3 is 15.5 Å². The number of hydrogen-bond donors (Lipinski definition) is 2. The molecule has 0 aliphatic carbocycles. The molecule has 0 bridgehead atoms. The summed E-state index contributed by atoms with van der Waals surface area (Å²) in [5.74, 6) is 1.01. The van der Waals surface area contributed by atoms with Crippen molar-refractivity contribution in [2.75, 3.05) is 45.8 Å². The van der Waals surface area contributed by atoms with E-state index in [9.17, 15) is 0 Å². The molecule has 0 amide bonds. The van der Waals surface area contributed by atoms with E-state index in [1.165, 1.54) is 71.5 Å². The van der Waals surface area contributed by atoms with Crippen LogP contribution in [0.3, 0.4) is 0 Å². The summed E-state index contributed by atoms with van der Waals surface area (Å²) in [4.78, 5) is 2.61. The van der Waals surface area contributed by atoms with E-state index >= 15 is 0 Å². The number of rotatable bonds is 4. The summed E-state index contributed by atoms with van der Waals surface area (Å²) in [5, 5.41) is 6.84. The second-order valence-electron chi connectivity index (χ2n) is 4.93. The first-order valence-electron chi connectivity index (χ1n) is 6.59. The summed E-state index contributed by atoms with van der Waals surface area (Å²) in [7, 11) is 0. The quantitative estimate of drug-likeness (QED) is 0.716. The lowest BCUT2D eigenvalue weighted by molar-refractivity contribution is 0.226. The van der Waals surface area contributed by atoms with Gasteiger partial charge in [-0.05, 0) is 51.2 Å². The van der Waals surface area contributed by atoms with Crippen LogP contribution < -0.4 is 10.6 Å². The van der Waals surface area contributed by atoms with E-state index in [4.69, 9.17) is 0 Å². The molecule has 2 heterocycles. The molecule has 0 radical (unpaired) electrons. The van der Waals surface area contributed by atoms with Crippen molar-refractivity contribution in [1.82, 2.24) is 15.5 Å². The second-order valence-corrected chi connectivity index (χ2v) is 4.93. The van der Waals surface area contributed by atoms with Crippen LogP contribution in [0.1, 0.15) is 25.7 Å². The highest BCUT2D eigenvalue weighted by atomic mass is 15.2. The molecule has 2 aliphatic heterocycles. The van der Waals surface area contributed by atoms with Crippen molar-refractivity contribution in [3.63, 3.8) is 0 Å². The van der Waals surface area contributed by atoms with Gasteiger partial charge in [0.1, 0.15) is 0 Å². The highest BCUT2D eigenvalue weighted by Crippen LogP contribution is 2.17. The molecule has 0 saturated carbocycles. The molecule has 0 aromatic carbocycles. The van der Waals surface area contributed by atoms with Crippen LogP contribution in [-0.2, 0) is 0 Å². The summed E-state index contributed by atoms with van der Waals surface area (Å²) < 4.78 is 0. The normalized spacial score (nSPS) is 25.6. The first-order valence-corrected chi connectivity index (χ1v) is 6.59. The molecule has 88 valence electrons. The number of hydrogen-bond acceptors (Lipinski definition) is 3. The highest BCUT2D eigenvalue weighted by molar-refractivity contribution is 4.71. The zero-order valence-corrected chi connectivity index (χ0v) is 9.80. The molecular weight excluding hydrogens is 186 g/mol. The van der Waals surface area contributed by atoms with Crippen LogP contribution in [0.5, 0.6) is 0 Å². The maximum atomic E-state index is 3.44. The predicted molar refractivity (Wildman–Crippen MR) is 64.1 cm³/mol. The van der Waals surface area contributed by atoms with E-state index in [1.807, 2.05) is 0 Å². The molecule has 15 heavy (non-hydrogen) atoms. The molecule has 0 unspecified atom stereocenters. The van der Waals surface area contributed by atoms with Crippen molar-refractivity contribution in [1.29, 1.82) is 0 Å². The molecule has 2 aliphatic rings. The van der Waals surface area contributed by atoms with Gasteiger partial charge in [0.2, 0.25) is 0 Å². The Morgan fingerprint density at radius 3 is 2.33 bits per heavy atom. The van der Waals surface area contributed by atoms with Gasteiger partial charge in [-0.25, -0.2) is 0 Å². The third kappa shape index (κ3) is 4.09. The maximum Gasteiger partial charge on any atom is 0.0107 e. The summed E-state index contributed by atoms with van der Waals surface area (Å²) in [6.07, 6.45) is 5.67. The van der Waals surface area contributed by atoms with E-state index in [0.717, 1.165) is 5.92 Å². The molecule has 0 aromatic heterocycles. The minimum Gasteiger partial charge on any atom is -0.317 e. The van der Waals surface area contributed by atoms with Crippen LogP contribution in [0.4, 0.5) is 0 Å². The fourth-order valence-electron chi connectivity index (χ4n) is 2.71. The topological polar surface area (TPSA) is 27.3 Å². The Balaban J connectivity index is 1.53. The van der Waals surface area contributed by atoms with Gasteiger partial charge in [-0.1, -0.05) is 0 Å². The van der Waals surface area contributed by atoms with Gasteiger partial charge in [0.05, 0.1) is 0 Å². The molecule has 0 atom stereocenters. The van der Waals surface area contributed by atoms with Crippen LogP contribution in [0.2, 0.25) is 0 Å². The van der Waals surface area contributed by atoms with Crippen LogP contribution in [0, 0.1) is 5.92 Å². The van der Waals surface area contributed by atoms with Gasteiger partial charge in [0.25, 0.3) is 0 Å². The molecular formula is C12H25N3. The van der Waals surface area contributed by atoms with Crippen LogP contribution in [0.25, 0.3) is 0 Å². The SMILES string of the molecule is C(CC1CCNCC1)CN1CCNCC1. The third-order valence-electron chi connectivity index (χ3n) is 3.76. The average Bonchev–Trinajstić information content (AvgIpc) is 2.32. The number of piperidine rings is 1. The number of nitrogens with one attached hydrogen (secondary N) is 2.